The van der Waals surface area contributed by atoms with E-state index in [1.54, 1.807) is 7.11 Å². The summed E-state index contributed by atoms with van der Waals surface area (Å²) in [5.74, 6) is 0.0448. The van der Waals surface area contributed by atoms with Crippen molar-refractivity contribution in [2.24, 2.45) is 5.73 Å². The van der Waals surface area contributed by atoms with Crippen molar-refractivity contribution in [1.29, 1.82) is 0 Å². The maximum atomic E-state index is 12.4. The van der Waals surface area contributed by atoms with Gasteiger partial charge in [-0.1, -0.05) is 30.3 Å². The van der Waals surface area contributed by atoms with E-state index in [4.69, 9.17) is 10.5 Å². The monoisotopic (exact) mass is 262 g/mol. The number of methoxy groups -OCH3 is 1. The van der Waals surface area contributed by atoms with Crippen molar-refractivity contribution in [2.75, 3.05) is 20.3 Å². The molecule has 1 saturated heterocycles. The molecule has 1 aromatic carbocycles. The van der Waals surface area contributed by atoms with Crippen LogP contribution in [0.1, 0.15) is 30.9 Å². The number of rotatable bonds is 5. The molecule has 2 rings (SSSR count). The van der Waals surface area contributed by atoms with Crippen LogP contribution in [0, 0.1) is 0 Å². The molecular formula is C15H22N2O2. The van der Waals surface area contributed by atoms with Gasteiger partial charge in [0.1, 0.15) is 0 Å². The third-order valence-corrected chi connectivity index (χ3v) is 3.67. The van der Waals surface area contributed by atoms with E-state index in [0.717, 1.165) is 19.4 Å². The molecule has 0 aromatic heterocycles. The molecule has 0 spiro atoms. The summed E-state index contributed by atoms with van der Waals surface area (Å²) in [6, 6.07) is 9.91. The molecule has 0 saturated carbocycles. The fourth-order valence-corrected chi connectivity index (χ4v) is 2.63. The zero-order valence-electron chi connectivity index (χ0n) is 11.4. The van der Waals surface area contributed by atoms with Crippen LogP contribution in [0.5, 0.6) is 0 Å². The van der Waals surface area contributed by atoms with Gasteiger partial charge in [-0.25, -0.2) is 0 Å². The lowest BCUT2D eigenvalue weighted by molar-refractivity contribution is -0.134. The van der Waals surface area contributed by atoms with E-state index in [1.165, 1.54) is 5.56 Å². The number of nitrogens with two attached hydrogens (primary N) is 1. The third-order valence-electron chi connectivity index (χ3n) is 3.67. The van der Waals surface area contributed by atoms with Crippen LogP contribution in [-0.2, 0) is 9.53 Å². The Morgan fingerprint density at radius 3 is 2.89 bits per heavy atom. The summed E-state index contributed by atoms with van der Waals surface area (Å²) in [5, 5.41) is 0. The van der Waals surface area contributed by atoms with E-state index >= 15 is 0 Å². The van der Waals surface area contributed by atoms with E-state index < -0.39 is 6.04 Å². The summed E-state index contributed by atoms with van der Waals surface area (Å²) >= 11 is 0. The maximum absolute atomic E-state index is 12.4. The number of hydrogen-bond acceptors (Lipinski definition) is 3. The molecular weight excluding hydrogens is 240 g/mol. The Bertz CT molecular complexity index is 408. The Kier molecular flexibility index (Phi) is 4.93. The first kappa shape index (κ1) is 14.0. The molecule has 2 atom stereocenters. The summed E-state index contributed by atoms with van der Waals surface area (Å²) < 4.78 is 4.99. The van der Waals surface area contributed by atoms with Crippen LogP contribution in [0.2, 0.25) is 0 Å². The van der Waals surface area contributed by atoms with E-state index in [9.17, 15) is 4.79 Å². The van der Waals surface area contributed by atoms with E-state index in [0.29, 0.717) is 13.0 Å². The summed E-state index contributed by atoms with van der Waals surface area (Å²) in [6.07, 6.45) is 2.64. The fraction of sp³-hybridized carbons (Fsp3) is 0.533. The van der Waals surface area contributed by atoms with Gasteiger partial charge in [-0.05, 0) is 24.8 Å². The second-order valence-electron chi connectivity index (χ2n) is 4.99. The molecule has 2 N–H and O–H groups in total. The van der Waals surface area contributed by atoms with Crippen LogP contribution in [0.3, 0.4) is 0 Å². The Balaban J connectivity index is 2.04. The van der Waals surface area contributed by atoms with Gasteiger partial charge < -0.3 is 15.4 Å². The molecule has 2 unspecified atom stereocenters. The highest BCUT2D eigenvalue weighted by Gasteiger charge is 2.32. The number of amides is 1. The second kappa shape index (κ2) is 6.68. The van der Waals surface area contributed by atoms with Crippen LogP contribution in [-0.4, -0.2) is 37.1 Å². The van der Waals surface area contributed by atoms with Gasteiger partial charge in [0.05, 0.1) is 12.1 Å². The predicted octanol–water partition coefficient (Wildman–Crippen LogP) is 1.71. The molecule has 1 amide bonds. The van der Waals surface area contributed by atoms with Crippen LogP contribution in [0.4, 0.5) is 0 Å². The molecule has 1 fully saturated rings. The first-order valence-electron chi connectivity index (χ1n) is 6.84. The standard InChI is InChI=1S/C15H22N2O2/c1-19-11-9-13(16)15(18)17-10-5-8-14(17)12-6-3-2-4-7-12/h2-4,6-7,13-14H,5,8-11,16H2,1H3. The number of likely N-dealkylation sites (tertiary alicyclic amines) is 1. The van der Waals surface area contributed by atoms with Gasteiger partial charge in [0.2, 0.25) is 5.91 Å². The molecule has 4 heteroatoms. The highest BCUT2D eigenvalue weighted by atomic mass is 16.5. The van der Waals surface area contributed by atoms with Crippen molar-refractivity contribution in [3.63, 3.8) is 0 Å². The van der Waals surface area contributed by atoms with Crippen molar-refractivity contribution in [2.45, 2.75) is 31.3 Å². The quantitative estimate of drug-likeness (QED) is 0.879. The largest absolute Gasteiger partial charge is 0.385 e. The Morgan fingerprint density at radius 1 is 1.47 bits per heavy atom. The second-order valence-corrected chi connectivity index (χ2v) is 4.99. The molecule has 1 aliphatic heterocycles. The molecule has 1 aliphatic rings. The lowest BCUT2D eigenvalue weighted by Gasteiger charge is -2.27. The minimum absolute atomic E-state index is 0.0448. The van der Waals surface area contributed by atoms with E-state index in [1.807, 2.05) is 23.1 Å². The van der Waals surface area contributed by atoms with Crippen molar-refractivity contribution in [3.05, 3.63) is 35.9 Å². The van der Waals surface area contributed by atoms with E-state index in [2.05, 4.69) is 12.1 Å². The predicted molar refractivity (Wildman–Crippen MR) is 74.6 cm³/mol. The molecule has 104 valence electrons. The van der Waals surface area contributed by atoms with Gasteiger partial charge in [0, 0.05) is 20.3 Å². The molecule has 0 bridgehead atoms. The summed E-state index contributed by atoms with van der Waals surface area (Å²) in [4.78, 5) is 14.3. The highest BCUT2D eigenvalue weighted by Crippen LogP contribution is 2.32. The SMILES string of the molecule is COCCC(N)C(=O)N1CCCC1c1ccccc1. The van der Waals surface area contributed by atoms with Crippen molar-refractivity contribution in [1.82, 2.24) is 4.90 Å². The minimum atomic E-state index is -0.454. The summed E-state index contributed by atoms with van der Waals surface area (Å²) in [6.45, 7) is 1.33. The van der Waals surface area contributed by atoms with Crippen LogP contribution >= 0.6 is 0 Å². The molecule has 0 radical (unpaired) electrons. The zero-order valence-corrected chi connectivity index (χ0v) is 11.4. The Hall–Kier alpha value is -1.39. The maximum Gasteiger partial charge on any atom is 0.240 e. The van der Waals surface area contributed by atoms with Gasteiger partial charge >= 0.3 is 0 Å². The minimum Gasteiger partial charge on any atom is -0.385 e. The van der Waals surface area contributed by atoms with Crippen LogP contribution < -0.4 is 5.73 Å². The van der Waals surface area contributed by atoms with Crippen molar-refractivity contribution >= 4 is 5.91 Å². The highest BCUT2D eigenvalue weighted by molar-refractivity contribution is 5.82. The molecule has 1 aromatic rings. The van der Waals surface area contributed by atoms with Crippen LogP contribution in [0.25, 0.3) is 0 Å². The number of hydrogen-bond donors (Lipinski definition) is 1. The lowest BCUT2D eigenvalue weighted by atomic mass is 10.0. The number of nitrogens with zero attached hydrogens (tertiary/aromatic N) is 1. The van der Waals surface area contributed by atoms with Crippen LogP contribution in [0.15, 0.2) is 30.3 Å². The van der Waals surface area contributed by atoms with Gasteiger partial charge in [0.15, 0.2) is 0 Å². The van der Waals surface area contributed by atoms with E-state index in [-0.39, 0.29) is 11.9 Å². The molecule has 1 heterocycles. The first-order chi connectivity index (χ1) is 9.24. The smallest absolute Gasteiger partial charge is 0.240 e. The normalized spacial score (nSPS) is 20.5. The Morgan fingerprint density at radius 2 is 2.21 bits per heavy atom. The molecule has 4 nitrogen and oxygen atoms in total. The van der Waals surface area contributed by atoms with Gasteiger partial charge in [-0.15, -0.1) is 0 Å². The molecule has 0 aliphatic carbocycles. The Labute approximate surface area is 114 Å². The number of benzene rings is 1. The average Bonchev–Trinajstić information content (AvgIpc) is 2.94. The summed E-state index contributed by atoms with van der Waals surface area (Å²) in [7, 11) is 1.62. The lowest BCUT2D eigenvalue weighted by Crippen LogP contribution is -2.43. The van der Waals surface area contributed by atoms with Crippen molar-refractivity contribution < 1.29 is 9.53 Å². The topological polar surface area (TPSA) is 55.6 Å². The number of carbonyl (C=O) groups is 1. The van der Waals surface area contributed by atoms with Crippen molar-refractivity contribution in [3.8, 4) is 0 Å². The average molecular weight is 262 g/mol. The van der Waals surface area contributed by atoms with Gasteiger partial charge in [-0.2, -0.15) is 0 Å². The van der Waals surface area contributed by atoms with Gasteiger partial charge in [0.25, 0.3) is 0 Å². The number of ether oxygens (including phenoxy) is 1. The number of carbonyl (C=O) groups excluding carboxylic acids is 1. The zero-order chi connectivity index (χ0) is 13.7. The fourth-order valence-electron chi connectivity index (χ4n) is 2.63. The molecule has 19 heavy (non-hydrogen) atoms. The third kappa shape index (κ3) is 3.33. The van der Waals surface area contributed by atoms with Gasteiger partial charge in [-0.3, -0.25) is 4.79 Å². The first-order valence-corrected chi connectivity index (χ1v) is 6.84. The summed E-state index contributed by atoms with van der Waals surface area (Å²) in [5.41, 5.74) is 7.15.